The molecular formula is C14H11ClN2O. The minimum atomic E-state index is 0.568. The van der Waals surface area contributed by atoms with Crippen LogP contribution in [0.5, 0.6) is 11.8 Å². The number of rotatable bonds is 2. The van der Waals surface area contributed by atoms with Gasteiger partial charge < -0.3 is 4.74 Å². The van der Waals surface area contributed by atoms with Gasteiger partial charge in [0.1, 0.15) is 5.75 Å². The van der Waals surface area contributed by atoms with Crippen LogP contribution < -0.4 is 4.74 Å². The molecule has 0 saturated heterocycles. The second-order valence-electron chi connectivity index (χ2n) is 4.00. The van der Waals surface area contributed by atoms with E-state index in [9.17, 15) is 0 Å². The summed E-state index contributed by atoms with van der Waals surface area (Å²) >= 11 is 5.83. The summed E-state index contributed by atoms with van der Waals surface area (Å²) in [6.45, 7) is 0. The lowest BCUT2D eigenvalue weighted by atomic mass is 10.3. The number of aryl methyl sites for hydroxylation is 1. The molecule has 0 saturated carbocycles. The van der Waals surface area contributed by atoms with Crippen molar-refractivity contribution in [2.24, 2.45) is 7.05 Å². The topological polar surface area (TPSA) is 27.1 Å². The average Bonchev–Trinajstić information content (AvgIpc) is 2.70. The van der Waals surface area contributed by atoms with Gasteiger partial charge in [-0.2, -0.15) is 4.98 Å². The van der Waals surface area contributed by atoms with E-state index in [0.29, 0.717) is 11.0 Å². The SMILES string of the molecule is Cn1c(Oc2ccc(Cl)cc2)nc2ccccc21. The molecule has 4 heteroatoms. The van der Waals surface area contributed by atoms with Crippen LogP contribution in [0, 0.1) is 0 Å². The third kappa shape index (κ3) is 1.93. The normalized spacial score (nSPS) is 10.8. The Hall–Kier alpha value is -2.00. The van der Waals surface area contributed by atoms with Gasteiger partial charge in [0.05, 0.1) is 11.0 Å². The zero-order valence-corrected chi connectivity index (χ0v) is 10.6. The van der Waals surface area contributed by atoms with E-state index in [0.717, 1.165) is 16.8 Å². The maximum absolute atomic E-state index is 5.83. The van der Waals surface area contributed by atoms with Gasteiger partial charge in [-0.3, -0.25) is 4.57 Å². The maximum Gasteiger partial charge on any atom is 0.302 e. The van der Waals surface area contributed by atoms with Crippen molar-refractivity contribution in [1.29, 1.82) is 0 Å². The minimum absolute atomic E-state index is 0.568. The first-order valence-electron chi connectivity index (χ1n) is 5.59. The summed E-state index contributed by atoms with van der Waals surface area (Å²) < 4.78 is 7.66. The Bertz CT molecular complexity index is 689. The summed E-state index contributed by atoms with van der Waals surface area (Å²) in [4.78, 5) is 4.44. The molecule has 90 valence electrons. The number of halogens is 1. The van der Waals surface area contributed by atoms with Gasteiger partial charge in [0.15, 0.2) is 0 Å². The first kappa shape index (κ1) is 11.1. The Morgan fingerprint density at radius 1 is 1.06 bits per heavy atom. The lowest BCUT2D eigenvalue weighted by Gasteiger charge is -2.04. The molecule has 2 aromatic carbocycles. The lowest BCUT2D eigenvalue weighted by Crippen LogP contribution is -1.93. The standard InChI is InChI=1S/C14H11ClN2O/c1-17-13-5-3-2-4-12(13)16-14(17)18-11-8-6-10(15)7-9-11/h2-9H,1H3. The molecule has 0 radical (unpaired) electrons. The Balaban J connectivity index is 1.99. The Labute approximate surface area is 110 Å². The van der Waals surface area contributed by atoms with Crippen molar-refractivity contribution in [3.05, 3.63) is 53.6 Å². The summed E-state index contributed by atoms with van der Waals surface area (Å²) in [6, 6.07) is 15.7. The molecule has 1 heterocycles. The van der Waals surface area contributed by atoms with E-state index in [1.807, 2.05) is 48.0 Å². The van der Waals surface area contributed by atoms with Crippen molar-refractivity contribution in [1.82, 2.24) is 9.55 Å². The zero-order valence-electron chi connectivity index (χ0n) is 9.80. The molecule has 0 unspecified atom stereocenters. The van der Waals surface area contributed by atoms with Crippen molar-refractivity contribution < 1.29 is 4.74 Å². The van der Waals surface area contributed by atoms with E-state index < -0.39 is 0 Å². The van der Waals surface area contributed by atoms with Crippen LogP contribution in [0.1, 0.15) is 0 Å². The van der Waals surface area contributed by atoms with E-state index in [2.05, 4.69) is 4.98 Å². The number of imidazole rings is 1. The highest BCUT2D eigenvalue weighted by molar-refractivity contribution is 6.30. The quantitative estimate of drug-likeness (QED) is 0.694. The Morgan fingerprint density at radius 2 is 1.78 bits per heavy atom. The van der Waals surface area contributed by atoms with Crippen LogP contribution in [-0.4, -0.2) is 9.55 Å². The lowest BCUT2D eigenvalue weighted by molar-refractivity contribution is 0.428. The molecule has 0 atom stereocenters. The molecule has 3 aromatic rings. The summed E-state index contributed by atoms with van der Waals surface area (Å²) in [6.07, 6.45) is 0. The van der Waals surface area contributed by atoms with Crippen molar-refractivity contribution in [2.75, 3.05) is 0 Å². The van der Waals surface area contributed by atoms with Crippen LogP contribution in [-0.2, 0) is 7.05 Å². The largest absolute Gasteiger partial charge is 0.426 e. The van der Waals surface area contributed by atoms with Crippen molar-refractivity contribution >= 4 is 22.6 Å². The molecule has 0 N–H and O–H groups in total. The van der Waals surface area contributed by atoms with Crippen LogP contribution in [0.3, 0.4) is 0 Å². The number of nitrogens with zero attached hydrogens (tertiary/aromatic N) is 2. The van der Waals surface area contributed by atoms with Gasteiger partial charge in [0.2, 0.25) is 0 Å². The fourth-order valence-corrected chi connectivity index (χ4v) is 1.95. The van der Waals surface area contributed by atoms with Crippen LogP contribution in [0.15, 0.2) is 48.5 Å². The summed E-state index contributed by atoms with van der Waals surface area (Å²) in [5.74, 6) is 0.720. The monoisotopic (exact) mass is 258 g/mol. The molecule has 3 rings (SSSR count). The van der Waals surface area contributed by atoms with Crippen molar-refractivity contribution in [3.8, 4) is 11.8 Å². The van der Waals surface area contributed by atoms with Gasteiger partial charge in [-0.1, -0.05) is 23.7 Å². The molecular weight excluding hydrogens is 248 g/mol. The predicted octanol–water partition coefficient (Wildman–Crippen LogP) is 4.02. The summed E-state index contributed by atoms with van der Waals surface area (Å²) in [7, 11) is 1.93. The highest BCUT2D eigenvalue weighted by Crippen LogP contribution is 2.25. The number of fused-ring (bicyclic) bond motifs is 1. The second-order valence-corrected chi connectivity index (χ2v) is 4.43. The third-order valence-electron chi connectivity index (χ3n) is 2.77. The number of ether oxygens (including phenoxy) is 1. The molecule has 0 spiro atoms. The molecule has 3 nitrogen and oxygen atoms in total. The smallest absolute Gasteiger partial charge is 0.302 e. The number of para-hydroxylation sites is 2. The van der Waals surface area contributed by atoms with Gasteiger partial charge in [-0.25, -0.2) is 0 Å². The predicted molar refractivity (Wildman–Crippen MR) is 72.2 cm³/mol. The molecule has 0 aliphatic carbocycles. The van der Waals surface area contributed by atoms with Gasteiger partial charge in [-0.05, 0) is 36.4 Å². The first-order chi connectivity index (χ1) is 8.74. The third-order valence-corrected chi connectivity index (χ3v) is 3.02. The first-order valence-corrected chi connectivity index (χ1v) is 5.97. The molecule has 0 fully saturated rings. The van der Waals surface area contributed by atoms with Gasteiger partial charge in [0, 0.05) is 12.1 Å². The van der Waals surface area contributed by atoms with E-state index >= 15 is 0 Å². The second kappa shape index (κ2) is 4.35. The molecule has 0 amide bonds. The van der Waals surface area contributed by atoms with Crippen LogP contribution in [0.4, 0.5) is 0 Å². The maximum atomic E-state index is 5.83. The molecule has 0 aliphatic heterocycles. The highest BCUT2D eigenvalue weighted by Gasteiger charge is 2.08. The van der Waals surface area contributed by atoms with Gasteiger partial charge >= 0.3 is 6.01 Å². The minimum Gasteiger partial charge on any atom is -0.426 e. The van der Waals surface area contributed by atoms with Crippen LogP contribution in [0.2, 0.25) is 5.02 Å². The molecule has 0 bridgehead atoms. The van der Waals surface area contributed by atoms with E-state index in [1.54, 1.807) is 12.1 Å². The Morgan fingerprint density at radius 3 is 2.50 bits per heavy atom. The average molecular weight is 259 g/mol. The van der Waals surface area contributed by atoms with Gasteiger partial charge in [0.25, 0.3) is 0 Å². The fourth-order valence-electron chi connectivity index (χ4n) is 1.82. The number of hydrogen-bond donors (Lipinski definition) is 0. The Kier molecular flexibility index (Phi) is 2.68. The van der Waals surface area contributed by atoms with Crippen LogP contribution in [0.25, 0.3) is 11.0 Å². The molecule has 0 aliphatic rings. The fraction of sp³-hybridized carbons (Fsp3) is 0.0714. The van der Waals surface area contributed by atoms with Gasteiger partial charge in [-0.15, -0.1) is 0 Å². The molecule has 18 heavy (non-hydrogen) atoms. The van der Waals surface area contributed by atoms with Crippen molar-refractivity contribution in [3.63, 3.8) is 0 Å². The zero-order chi connectivity index (χ0) is 12.5. The summed E-state index contributed by atoms with van der Waals surface area (Å²) in [5, 5.41) is 0.687. The summed E-state index contributed by atoms with van der Waals surface area (Å²) in [5.41, 5.74) is 1.96. The number of hydrogen-bond acceptors (Lipinski definition) is 2. The van der Waals surface area contributed by atoms with E-state index in [4.69, 9.17) is 16.3 Å². The van der Waals surface area contributed by atoms with Crippen molar-refractivity contribution in [2.45, 2.75) is 0 Å². The highest BCUT2D eigenvalue weighted by atomic mass is 35.5. The number of aromatic nitrogens is 2. The van der Waals surface area contributed by atoms with Crippen LogP contribution >= 0.6 is 11.6 Å². The van der Waals surface area contributed by atoms with E-state index in [-0.39, 0.29) is 0 Å². The molecule has 1 aromatic heterocycles. The van der Waals surface area contributed by atoms with E-state index in [1.165, 1.54) is 0 Å². The number of benzene rings is 2.